The smallest absolute Gasteiger partial charge is 0.409 e. The van der Waals surface area contributed by atoms with Crippen LogP contribution in [-0.4, -0.2) is 30.7 Å². The van der Waals surface area contributed by atoms with E-state index < -0.39 is 0 Å². The molecule has 0 aromatic carbocycles. The molecular weight excluding hydrogens is 226 g/mol. The SMILES string of the molecule is CC(C)CC1CC(C)(C)CC2OC(=O)N(C)CC12. The molecule has 18 heavy (non-hydrogen) atoms. The molecule has 3 unspecified atom stereocenters. The molecular formula is C15H27NO2. The Bertz CT molecular complexity index is 324. The molecule has 3 atom stereocenters. The Kier molecular flexibility index (Phi) is 3.61. The lowest BCUT2D eigenvalue weighted by Crippen LogP contribution is -2.53. The van der Waals surface area contributed by atoms with Crippen LogP contribution in [0.15, 0.2) is 0 Å². The summed E-state index contributed by atoms with van der Waals surface area (Å²) in [5, 5.41) is 0. The molecule has 0 N–H and O–H groups in total. The summed E-state index contributed by atoms with van der Waals surface area (Å²) in [7, 11) is 1.85. The third-order valence-corrected chi connectivity index (χ3v) is 4.47. The topological polar surface area (TPSA) is 29.5 Å². The molecule has 2 fully saturated rings. The van der Waals surface area contributed by atoms with Crippen LogP contribution in [0.1, 0.15) is 47.0 Å². The standard InChI is InChI=1S/C15H27NO2/c1-10(2)6-11-7-15(3,4)8-13-12(11)9-16(5)14(17)18-13/h10-13H,6-9H2,1-5H3. The first kappa shape index (κ1) is 13.7. The Morgan fingerprint density at radius 2 is 2.06 bits per heavy atom. The highest BCUT2D eigenvalue weighted by Crippen LogP contribution is 2.47. The van der Waals surface area contributed by atoms with Gasteiger partial charge in [0, 0.05) is 19.5 Å². The Labute approximate surface area is 111 Å². The first-order valence-electron chi connectivity index (χ1n) is 7.20. The molecule has 1 amide bonds. The van der Waals surface area contributed by atoms with E-state index in [1.54, 1.807) is 4.90 Å². The molecule has 3 nitrogen and oxygen atoms in total. The van der Waals surface area contributed by atoms with Gasteiger partial charge in [0.15, 0.2) is 0 Å². The van der Waals surface area contributed by atoms with Gasteiger partial charge < -0.3 is 9.64 Å². The quantitative estimate of drug-likeness (QED) is 0.753. The zero-order valence-corrected chi connectivity index (χ0v) is 12.4. The zero-order valence-electron chi connectivity index (χ0n) is 12.4. The summed E-state index contributed by atoms with van der Waals surface area (Å²) < 4.78 is 5.64. The molecule has 3 heteroatoms. The number of carbonyl (C=O) groups excluding carboxylic acids is 1. The highest BCUT2D eigenvalue weighted by molar-refractivity contribution is 5.68. The van der Waals surface area contributed by atoms with Crippen molar-refractivity contribution in [3.63, 3.8) is 0 Å². The summed E-state index contributed by atoms with van der Waals surface area (Å²) >= 11 is 0. The van der Waals surface area contributed by atoms with E-state index in [2.05, 4.69) is 27.7 Å². The van der Waals surface area contributed by atoms with Crippen molar-refractivity contribution in [2.24, 2.45) is 23.2 Å². The maximum atomic E-state index is 11.7. The van der Waals surface area contributed by atoms with Crippen LogP contribution in [-0.2, 0) is 4.74 Å². The second-order valence-corrected chi connectivity index (χ2v) is 7.43. The fraction of sp³-hybridized carbons (Fsp3) is 0.933. The predicted octanol–water partition coefficient (Wildman–Crippen LogP) is 3.54. The average Bonchev–Trinajstić information content (AvgIpc) is 2.19. The predicted molar refractivity (Wildman–Crippen MR) is 72.3 cm³/mol. The van der Waals surface area contributed by atoms with Crippen LogP contribution in [0.25, 0.3) is 0 Å². The molecule has 0 spiro atoms. The van der Waals surface area contributed by atoms with Gasteiger partial charge in [0.2, 0.25) is 0 Å². The number of fused-ring (bicyclic) bond motifs is 1. The van der Waals surface area contributed by atoms with Gasteiger partial charge in [-0.05, 0) is 36.5 Å². The van der Waals surface area contributed by atoms with Crippen LogP contribution in [0.4, 0.5) is 4.79 Å². The minimum absolute atomic E-state index is 0.140. The van der Waals surface area contributed by atoms with Crippen LogP contribution >= 0.6 is 0 Å². The lowest BCUT2D eigenvalue weighted by Gasteiger charge is -2.49. The van der Waals surface area contributed by atoms with Crippen molar-refractivity contribution in [1.82, 2.24) is 4.90 Å². The van der Waals surface area contributed by atoms with Crippen LogP contribution in [0.5, 0.6) is 0 Å². The van der Waals surface area contributed by atoms with E-state index in [1.165, 1.54) is 12.8 Å². The first-order valence-corrected chi connectivity index (χ1v) is 7.20. The molecule has 0 radical (unpaired) electrons. The van der Waals surface area contributed by atoms with Gasteiger partial charge in [-0.2, -0.15) is 0 Å². The third-order valence-electron chi connectivity index (χ3n) is 4.47. The number of hydrogen-bond donors (Lipinski definition) is 0. The second kappa shape index (κ2) is 4.75. The minimum Gasteiger partial charge on any atom is -0.446 e. The van der Waals surface area contributed by atoms with E-state index in [4.69, 9.17) is 4.74 Å². The normalized spacial score (nSPS) is 35.3. The monoisotopic (exact) mass is 253 g/mol. The van der Waals surface area contributed by atoms with Crippen molar-refractivity contribution in [2.45, 2.75) is 53.1 Å². The summed E-state index contributed by atoms with van der Waals surface area (Å²) in [6, 6.07) is 0. The van der Waals surface area contributed by atoms with Gasteiger partial charge in [-0.25, -0.2) is 4.79 Å². The molecule has 0 aromatic heterocycles. The van der Waals surface area contributed by atoms with E-state index in [1.807, 2.05) is 7.05 Å². The van der Waals surface area contributed by atoms with Crippen molar-refractivity contribution >= 4 is 6.09 Å². The molecule has 0 aromatic rings. The molecule has 104 valence electrons. The molecule has 0 bridgehead atoms. The maximum absolute atomic E-state index is 11.7. The number of amides is 1. The molecule has 2 aliphatic rings. The van der Waals surface area contributed by atoms with Crippen molar-refractivity contribution in [3.05, 3.63) is 0 Å². The fourth-order valence-corrected chi connectivity index (χ4v) is 3.81. The number of hydrogen-bond acceptors (Lipinski definition) is 2. The van der Waals surface area contributed by atoms with Gasteiger partial charge in [0.05, 0.1) is 0 Å². The molecule has 1 saturated heterocycles. The Morgan fingerprint density at radius 1 is 1.39 bits per heavy atom. The van der Waals surface area contributed by atoms with Crippen molar-refractivity contribution in [3.8, 4) is 0 Å². The first-order chi connectivity index (χ1) is 8.28. The molecule has 2 rings (SSSR count). The Morgan fingerprint density at radius 3 is 2.67 bits per heavy atom. The van der Waals surface area contributed by atoms with E-state index in [0.717, 1.165) is 13.0 Å². The fourth-order valence-electron chi connectivity index (χ4n) is 3.81. The maximum Gasteiger partial charge on any atom is 0.409 e. The van der Waals surface area contributed by atoms with Crippen LogP contribution in [0.2, 0.25) is 0 Å². The summed E-state index contributed by atoms with van der Waals surface area (Å²) in [6.45, 7) is 10.1. The average molecular weight is 253 g/mol. The van der Waals surface area contributed by atoms with Crippen molar-refractivity contribution < 1.29 is 9.53 Å². The van der Waals surface area contributed by atoms with Gasteiger partial charge in [0.25, 0.3) is 0 Å². The molecule has 1 aliphatic carbocycles. The van der Waals surface area contributed by atoms with Crippen LogP contribution in [0.3, 0.4) is 0 Å². The lowest BCUT2D eigenvalue weighted by atomic mass is 9.63. The molecule has 1 heterocycles. The highest BCUT2D eigenvalue weighted by Gasteiger charge is 2.46. The number of rotatable bonds is 2. The van der Waals surface area contributed by atoms with Gasteiger partial charge in [0.1, 0.15) is 6.10 Å². The summed E-state index contributed by atoms with van der Waals surface area (Å²) in [5.41, 5.74) is 0.302. The van der Waals surface area contributed by atoms with E-state index in [9.17, 15) is 4.79 Å². The number of carbonyl (C=O) groups is 1. The van der Waals surface area contributed by atoms with Gasteiger partial charge in [-0.3, -0.25) is 0 Å². The third kappa shape index (κ3) is 2.81. The van der Waals surface area contributed by atoms with E-state index in [-0.39, 0.29) is 12.2 Å². The van der Waals surface area contributed by atoms with Crippen molar-refractivity contribution in [1.29, 1.82) is 0 Å². The van der Waals surface area contributed by atoms with Crippen molar-refractivity contribution in [2.75, 3.05) is 13.6 Å². The minimum atomic E-state index is -0.141. The number of nitrogens with zero attached hydrogens (tertiary/aromatic N) is 1. The van der Waals surface area contributed by atoms with E-state index >= 15 is 0 Å². The highest BCUT2D eigenvalue weighted by atomic mass is 16.6. The lowest BCUT2D eigenvalue weighted by molar-refractivity contribution is -0.0807. The summed E-state index contributed by atoms with van der Waals surface area (Å²) in [6.07, 6.45) is 3.53. The Balaban J connectivity index is 2.15. The second-order valence-electron chi connectivity index (χ2n) is 7.43. The summed E-state index contributed by atoms with van der Waals surface area (Å²) in [5.74, 6) is 1.94. The van der Waals surface area contributed by atoms with Crippen LogP contribution in [0, 0.1) is 23.2 Å². The Hall–Kier alpha value is -0.730. The molecule has 1 saturated carbocycles. The summed E-state index contributed by atoms with van der Waals surface area (Å²) in [4.78, 5) is 13.4. The van der Waals surface area contributed by atoms with Gasteiger partial charge >= 0.3 is 6.09 Å². The van der Waals surface area contributed by atoms with Gasteiger partial charge in [-0.1, -0.05) is 27.7 Å². The number of ether oxygens (including phenoxy) is 1. The molecule has 1 aliphatic heterocycles. The van der Waals surface area contributed by atoms with E-state index in [0.29, 0.717) is 23.2 Å². The zero-order chi connectivity index (χ0) is 13.5. The van der Waals surface area contributed by atoms with Crippen LogP contribution < -0.4 is 0 Å². The van der Waals surface area contributed by atoms with Gasteiger partial charge in [-0.15, -0.1) is 0 Å². The largest absolute Gasteiger partial charge is 0.446 e.